The van der Waals surface area contributed by atoms with Crippen LogP contribution in [0.5, 0.6) is 0 Å². The van der Waals surface area contributed by atoms with Gasteiger partial charge in [0.15, 0.2) is 0 Å². The monoisotopic (exact) mass is 224 g/mol. The van der Waals surface area contributed by atoms with Gasteiger partial charge >= 0.3 is 5.97 Å². The summed E-state index contributed by atoms with van der Waals surface area (Å²) in [5.74, 6) is 0.0135. The second kappa shape index (κ2) is 5.83. The highest BCUT2D eigenvalue weighted by Crippen LogP contribution is 2.29. The van der Waals surface area contributed by atoms with Crippen LogP contribution in [-0.2, 0) is 14.3 Å². The highest BCUT2D eigenvalue weighted by molar-refractivity contribution is 5.90. The van der Waals surface area contributed by atoms with E-state index in [1.807, 2.05) is 6.92 Å². The fourth-order valence-corrected chi connectivity index (χ4v) is 2.17. The van der Waals surface area contributed by atoms with Gasteiger partial charge in [0.05, 0.1) is 6.61 Å². The molecule has 0 unspecified atom stereocenters. The highest BCUT2D eigenvalue weighted by atomic mass is 16.5. The standard InChI is InChI=1S/C13H20O3/c1-4-16-13(15)10(3)8-11-7-5-6-9(2)12(11)14/h9,11H,3-8H2,1-2H3/t9-,11-/m1/s1. The number of hydrogen-bond donors (Lipinski definition) is 0. The Kier molecular flexibility index (Phi) is 4.71. The molecule has 3 heteroatoms. The Balaban J connectivity index is 2.50. The second-order valence-corrected chi connectivity index (χ2v) is 4.46. The van der Waals surface area contributed by atoms with E-state index in [9.17, 15) is 9.59 Å². The largest absolute Gasteiger partial charge is 0.463 e. The molecule has 90 valence electrons. The van der Waals surface area contributed by atoms with Crippen LogP contribution in [0.15, 0.2) is 12.2 Å². The van der Waals surface area contributed by atoms with Gasteiger partial charge in [-0.15, -0.1) is 0 Å². The maximum Gasteiger partial charge on any atom is 0.333 e. The molecular formula is C13H20O3. The lowest BCUT2D eigenvalue weighted by molar-refractivity contribution is -0.138. The first-order valence-electron chi connectivity index (χ1n) is 5.94. The summed E-state index contributed by atoms with van der Waals surface area (Å²) in [4.78, 5) is 23.2. The fraction of sp³-hybridized carbons (Fsp3) is 0.692. The number of carbonyl (C=O) groups excluding carboxylic acids is 2. The second-order valence-electron chi connectivity index (χ2n) is 4.46. The maximum absolute atomic E-state index is 11.8. The molecule has 1 saturated carbocycles. The van der Waals surface area contributed by atoms with Gasteiger partial charge in [0.1, 0.15) is 5.78 Å². The molecule has 2 atom stereocenters. The zero-order valence-corrected chi connectivity index (χ0v) is 10.1. The van der Waals surface area contributed by atoms with E-state index in [2.05, 4.69) is 6.58 Å². The van der Waals surface area contributed by atoms with Crippen molar-refractivity contribution in [2.75, 3.05) is 6.61 Å². The summed E-state index contributed by atoms with van der Waals surface area (Å²) in [6.45, 7) is 7.78. The molecule has 0 aromatic carbocycles. The predicted molar refractivity (Wildman–Crippen MR) is 61.9 cm³/mol. The highest BCUT2D eigenvalue weighted by Gasteiger charge is 2.29. The van der Waals surface area contributed by atoms with E-state index in [1.165, 1.54) is 0 Å². The van der Waals surface area contributed by atoms with Crippen LogP contribution >= 0.6 is 0 Å². The van der Waals surface area contributed by atoms with Gasteiger partial charge < -0.3 is 4.74 Å². The summed E-state index contributed by atoms with van der Waals surface area (Å²) in [5.41, 5.74) is 0.425. The third-order valence-corrected chi connectivity index (χ3v) is 3.13. The molecule has 1 rings (SSSR count). The first-order valence-corrected chi connectivity index (χ1v) is 5.94. The molecule has 1 fully saturated rings. The molecule has 0 N–H and O–H groups in total. The molecule has 0 aromatic rings. The van der Waals surface area contributed by atoms with Crippen molar-refractivity contribution in [3.63, 3.8) is 0 Å². The number of esters is 1. The topological polar surface area (TPSA) is 43.4 Å². The SMILES string of the molecule is C=C(C[C@H]1CCC[C@@H](C)C1=O)C(=O)OCC. The van der Waals surface area contributed by atoms with Crippen molar-refractivity contribution in [2.24, 2.45) is 11.8 Å². The molecule has 1 aliphatic carbocycles. The summed E-state index contributed by atoms with van der Waals surface area (Å²) in [5, 5.41) is 0. The number of ketones is 1. The maximum atomic E-state index is 11.8. The van der Waals surface area contributed by atoms with Crippen LogP contribution < -0.4 is 0 Å². The molecule has 0 radical (unpaired) electrons. The summed E-state index contributed by atoms with van der Waals surface area (Å²) in [6.07, 6.45) is 3.37. The van der Waals surface area contributed by atoms with Crippen molar-refractivity contribution in [2.45, 2.75) is 39.5 Å². The van der Waals surface area contributed by atoms with E-state index >= 15 is 0 Å². The Morgan fingerprint density at radius 1 is 1.50 bits per heavy atom. The summed E-state index contributed by atoms with van der Waals surface area (Å²) in [6, 6.07) is 0. The van der Waals surface area contributed by atoms with Crippen LogP contribution in [-0.4, -0.2) is 18.4 Å². The zero-order chi connectivity index (χ0) is 12.1. The predicted octanol–water partition coefficient (Wildman–Crippen LogP) is 2.50. The van der Waals surface area contributed by atoms with Crippen LogP contribution in [0.3, 0.4) is 0 Å². The molecule has 1 aliphatic rings. The van der Waals surface area contributed by atoms with Crippen molar-refractivity contribution in [3.05, 3.63) is 12.2 Å². The van der Waals surface area contributed by atoms with Crippen molar-refractivity contribution >= 4 is 11.8 Å². The molecular weight excluding hydrogens is 204 g/mol. The lowest BCUT2D eigenvalue weighted by Crippen LogP contribution is -2.27. The molecule has 16 heavy (non-hydrogen) atoms. The Morgan fingerprint density at radius 2 is 2.19 bits per heavy atom. The van der Waals surface area contributed by atoms with Crippen molar-refractivity contribution in [1.82, 2.24) is 0 Å². The zero-order valence-electron chi connectivity index (χ0n) is 10.1. The van der Waals surface area contributed by atoms with Crippen LogP contribution in [0.25, 0.3) is 0 Å². The summed E-state index contributed by atoms with van der Waals surface area (Å²) >= 11 is 0. The van der Waals surface area contributed by atoms with E-state index in [0.29, 0.717) is 18.6 Å². The molecule has 0 bridgehead atoms. The Bertz CT molecular complexity index is 294. The minimum Gasteiger partial charge on any atom is -0.463 e. The number of Topliss-reactive ketones (excluding diaryl/α,β-unsaturated/α-hetero) is 1. The molecule has 3 nitrogen and oxygen atoms in total. The molecule has 0 amide bonds. The number of hydrogen-bond acceptors (Lipinski definition) is 3. The van der Waals surface area contributed by atoms with E-state index in [4.69, 9.17) is 4.74 Å². The number of carbonyl (C=O) groups is 2. The third kappa shape index (κ3) is 3.19. The van der Waals surface area contributed by atoms with E-state index in [1.54, 1.807) is 6.92 Å². The van der Waals surface area contributed by atoms with Gasteiger partial charge in [0, 0.05) is 17.4 Å². The van der Waals surface area contributed by atoms with Gasteiger partial charge in [0.25, 0.3) is 0 Å². The van der Waals surface area contributed by atoms with Gasteiger partial charge in [-0.1, -0.05) is 19.9 Å². The smallest absolute Gasteiger partial charge is 0.333 e. The average molecular weight is 224 g/mol. The van der Waals surface area contributed by atoms with E-state index in [0.717, 1.165) is 19.3 Å². The van der Waals surface area contributed by atoms with Gasteiger partial charge in [0.2, 0.25) is 0 Å². The lowest BCUT2D eigenvalue weighted by atomic mass is 9.78. The van der Waals surface area contributed by atoms with Crippen molar-refractivity contribution in [3.8, 4) is 0 Å². The molecule has 0 spiro atoms. The van der Waals surface area contributed by atoms with Gasteiger partial charge in [-0.3, -0.25) is 4.79 Å². The van der Waals surface area contributed by atoms with Crippen molar-refractivity contribution < 1.29 is 14.3 Å². The lowest BCUT2D eigenvalue weighted by Gasteiger charge is -2.25. The van der Waals surface area contributed by atoms with Crippen molar-refractivity contribution in [1.29, 1.82) is 0 Å². The van der Waals surface area contributed by atoms with E-state index in [-0.39, 0.29) is 23.6 Å². The first-order chi connectivity index (χ1) is 7.56. The quantitative estimate of drug-likeness (QED) is 0.544. The van der Waals surface area contributed by atoms with E-state index < -0.39 is 0 Å². The minimum atomic E-state index is -0.367. The Hall–Kier alpha value is -1.12. The first kappa shape index (κ1) is 12.9. The van der Waals surface area contributed by atoms with Crippen LogP contribution in [0.2, 0.25) is 0 Å². The average Bonchev–Trinajstić information content (AvgIpc) is 2.25. The Morgan fingerprint density at radius 3 is 2.81 bits per heavy atom. The van der Waals surface area contributed by atoms with Gasteiger partial charge in [-0.25, -0.2) is 4.79 Å². The summed E-state index contributed by atoms with van der Waals surface area (Å²) in [7, 11) is 0. The molecule has 0 saturated heterocycles. The normalized spacial score (nSPS) is 25.2. The Labute approximate surface area is 96.9 Å². The molecule has 0 aromatic heterocycles. The number of rotatable bonds is 4. The third-order valence-electron chi connectivity index (χ3n) is 3.13. The van der Waals surface area contributed by atoms with Gasteiger partial charge in [-0.05, 0) is 26.2 Å². The molecule has 0 heterocycles. The molecule has 0 aliphatic heterocycles. The summed E-state index contributed by atoms with van der Waals surface area (Å²) < 4.78 is 4.86. The fourth-order valence-electron chi connectivity index (χ4n) is 2.17. The number of ether oxygens (including phenoxy) is 1. The van der Waals surface area contributed by atoms with Crippen LogP contribution in [0, 0.1) is 11.8 Å². The van der Waals surface area contributed by atoms with Crippen LogP contribution in [0.4, 0.5) is 0 Å². The van der Waals surface area contributed by atoms with Crippen LogP contribution in [0.1, 0.15) is 39.5 Å². The van der Waals surface area contributed by atoms with Gasteiger partial charge in [-0.2, -0.15) is 0 Å². The minimum absolute atomic E-state index is 0.0272.